The third-order valence-electron chi connectivity index (χ3n) is 3.42. The van der Waals surface area contributed by atoms with Crippen LogP contribution in [-0.4, -0.2) is 30.3 Å². The first-order valence-corrected chi connectivity index (χ1v) is 7.91. The van der Waals surface area contributed by atoms with E-state index in [0.717, 1.165) is 5.56 Å². The lowest BCUT2D eigenvalue weighted by atomic mass is 9.97. The van der Waals surface area contributed by atoms with Crippen LogP contribution in [0.4, 0.5) is 0 Å². The number of guanidine groups is 1. The largest absolute Gasteiger partial charge is 0.493 e. The maximum Gasteiger partial charge on any atom is 0.232 e. The van der Waals surface area contributed by atoms with Gasteiger partial charge in [0.05, 0.1) is 27.3 Å². The summed E-state index contributed by atoms with van der Waals surface area (Å²) < 4.78 is 15.7. The third kappa shape index (κ3) is 5.10. The fourth-order valence-corrected chi connectivity index (χ4v) is 2.01. The molecule has 0 unspecified atom stereocenters. The van der Waals surface area contributed by atoms with Crippen LogP contribution in [0.3, 0.4) is 0 Å². The smallest absolute Gasteiger partial charge is 0.232 e. The normalized spacial score (nSPS) is 12.1. The molecule has 0 aliphatic carbocycles. The topological polar surface area (TPSA) is 108 Å². The van der Waals surface area contributed by atoms with Crippen molar-refractivity contribution in [2.75, 3.05) is 14.2 Å². The molecule has 0 atom stereocenters. The van der Waals surface area contributed by atoms with Crippen LogP contribution in [0.2, 0.25) is 0 Å². The predicted octanol–water partition coefficient (Wildman–Crippen LogP) is 1.99. The molecule has 0 spiro atoms. The number of nitrogens with zero attached hydrogens (tertiary/aromatic N) is 3. The Hall–Kier alpha value is -2.77. The van der Waals surface area contributed by atoms with Crippen LogP contribution >= 0.6 is 0 Å². The molecule has 1 heterocycles. The lowest BCUT2D eigenvalue weighted by molar-refractivity contribution is 0.318. The Kier molecular flexibility index (Phi) is 5.84. The minimum absolute atomic E-state index is 0.182. The molecule has 0 saturated carbocycles. The van der Waals surface area contributed by atoms with Gasteiger partial charge in [-0.05, 0) is 17.7 Å². The first-order chi connectivity index (χ1) is 11.8. The second kappa shape index (κ2) is 7.87. The summed E-state index contributed by atoms with van der Waals surface area (Å²) in [5.41, 5.74) is 6.66. The molecule has 3 N–H and O–H groups in total. The molecule has 8 nitrogen and oxygen atoms in total. The van der Waals surface area contributed by atoms with E-state index < -0.39 is 0 Å². The predicted molar refractivity (Wildman–Crippen MR) is 94.7 cm³/mol. The van der Waals surface area contributed by atoms with Gasteiger partial charge in [0, 0.05) is 5.41 Å². The Morgan fingerprint density at radius 2 is 1.96 bits per heavy atom. The van der Waals surface area contributed by atoms with E-state index in [0.29, 0.717) is 42.3 Å². The van der Waals surface area contributed by atoms with Gasteiger partial charge in [-0.2, -0.15) is 4.98 Å². The van der Waals surface area contributed by atoms with Crippen LogP contribution in [0, 0.1) is 0 Å². The molecule has 1 aromatic carbocycles. The van der Waals surface area contributed by atoms with Crippen LogP contribution in [0.15, 0.2) is 27.7 Å². The molecule has 0 aliphatic heterocycles. The number of benzene rings is 1. The SMILES string of the molecule is COc1ccc(CN=C(N)NCc2noc(C(C)(C)C)n2)cc1OC. The molecule has 2 rings (SSSR count). The number of methoxy groups -OCH3 is 2. The van der Waals surface area contributed by atoms with Crippen LogP contribution in [0.1, 0.15) is 38.0 Å². The summed E-state index contributed by atoms with van der Waals surface area (Å²) in [6.45, 7) is 6.80. The molecule has 0 aliphatic rings. The Labute approximate surface area is 147 Å². The van der Waals surface area contributed by atoms with Crippen LogP contribution < -0.4 is 20.5 Å². The van der Waals surface area contributed by atoms with Crippen LogP contribution in [0.5, 0.6) is 11.5 Å². The number of rotatable bonds is 6. The van der Waals surface area contributed by atoms with Gasteiger partial charge in [0.1, 0.15) is 0 Å². The van der Waals surface area contributed by atoms with Crippen molar-refractivity contribution in [1.82, 2.24) is 15.5 Å². The van der Waals surface area contributed by atoms with E-state index >= 15 is 0 Å². The summed E-state index contributed by atoms with van der Waals surface area (Å²) in [5.74, 6) is 2.76. The molecule has 0 bridgehead atoms. The van der Waals surface area contributed by atoms with Crippen molar-refractivity contribution >= 4 is 5.96 Å². The number of nitrogens with two attached hydrogens (primary N) is 1. The quantitative estimate of drug-likeness (QED) is 0.607. The molecule has 136 valence electrons. The average molecular weight is 347 g/mol. The van der Waals surface area contributed by atoms with Crippen molar-refractivity contribution in [1.29, 1.82) is 0 Å². The van der Waals surface area contributed by atoms with E-state index in [1.807, 2.05) is 39.0 Å². The average Bonchev–Trinajstić information content (AvgIpc) is 3.07. The van der Waals surface area contributed by atoms with E-state index in [4.69, 9.17) is 19.7 Å². The Morgan fingerprint density at radius 3 is 2.56 bits per heavy atom. The molecule has 8 heteroatoms. The highest BCUT2D eigenvalue weighted by Gasteiger charge is 2.21. The summed E-state index contributed by atoms with van der Waals surface area (Å²) in [5, 5.41) is 6.90. The number of aromatic nitrogens is 2. The molecule has 0 amide bonds. The monoisotopic (exact) mass is 347 g/mol. The van der Waals surface area contributed by atoms with Gasteiger partial charge in [0.25, 0.3) is 0 Å². The summed E-state index contributed by atoms with van der Waals surface area (Å²) in [4.78, 5) is 8.63. The first kappa shape index (κ1) is 18.6. The van der Waals surface area contributed by atoms with Gasteiger partial charge in [0.15, 0.2) is 23.3 Å². The van der Waals surface area contributed by atoms with E-state index in [9.17, 15) is 0 Å². The van der Waals surface area contributed by atoms with Gasteiger partial charge < -0.3 is 25.0 Å². The van der Waals surface area contributed by atoms with Gasteiger partial charge in [-0.1, -0.05) is 32.0 Å². The Balaban J connectivity index is 1.92. The number of aliphatic imine (C=N–C) groups is 1. The van der Waals surface area contributed by atoms with E-state index in [1.165, 1.54) is 0 Å². The highest BCUT2D eigenvalue weighted by Crippen LogP contribution is 2.27. The van der Waals surface area contributed by atoms with Crippen molar-refractivity contribution in [3.63, 3.8) is 0 Å². The minimum Gasteiger partial charge on any atom is -0.493 e. The van der Waals surface area contributed by atoms with Crippen LogP contribution in [0.25, 0.3) is 0 Å². The third-order valence-corrected chi connectivity index (χ3v) is 3.42. The highest BCUT2D eigenvalue weighted by molar-refractivity contribution is 5.77. The number of ether oxygens (including phenoxy) is 2. The van der Waals surface area contributed by atoms with Crippen molar-refractivity contribution in [3.8, 4) is 11.5 Å². The van der Waals surface area contributed by atoms with Crippen molar-refractivity contribution in [2.45, 2.75) is 39.3 Å². The summed E-state index contributed by atoms with van der Waals surface area (Å²) in [6.07, 6.45) is 0. The summed E-state index contributed by atoms with van der Waals surface area (Å²) in [6, 6.07) is 5.61. The fourth-order valence-electron chi connectivity index (χ4n) is 2.01. The van der Waals surface area contributed by atoms with Gasteiger partial charge >= 0.3 is 0 Å². The van der Waals surface area contributed by atoms with Gasteiger partial charge in [-0.3, -0.25) is 0 Å². The fraction of sp³-hybridized carbons (Fsp3) is 0.471. The standard InChI is InChI=1S/C17H25N5O3/c1-17(2,3)15-21-14(22-25-15)10-20-16(18)19-9-11-6-7-12(23-4)13(8-11)24-5/h6-8H,9-10H2,1-5H3,(H3,18,19,20). The Bertz CT molecular complexity index is 734. The molecule has 2 aromatic rings. The minimum atomic E-state index is -0.182. The van der Waals surface area contributed by atoms with Crippen molar-refractivity contribution < 1.29 is 14.0 Å². The van der Waals surface area contributed by atoms with Gasteiger partial charge in [-0.15, -0.1) is 0 Å². The lowest BCUT2D eigenvalue weighted by Crippen LogP contribution is -2.31. The first-order valence-electron chi connectivity index (χ1n) is 7.91. The second-order valence-electron chi connectivity index (χ2n) is 6.51. The van der Waals surface area contributed by atoms with Gasteiger partial charge in [-0.25, -0.2) is 4.99 Å². The molecule has 25 heavy (non-hydrogen) atoms. The maximum absolute atomic E-state index is 5.89. The number of hydrogen-bond donors (Lipinski definition) is 2. The van der Waals surface area contributed by atoms with E-state index in [1.54, 1.807) is 14.2 Å². The second-order valence-corrected chi connectivity index (χ2v) is 6.51. The molecule has 0 saturated heterocycles. The molecule has 1 aromatic heterocycles. The number of hydrogen-bond acceptors (Lipinski definition) is 6. The summed E-state index contributed by atoms with van der Waals surface area (Å²) in [7, 11) is 3.19. The van der Waals surface area contributed by atoms with Crippen molar-refractivity contribution in [2.24, 2.45) is 10.7 Å². The van der Waals surface area contributed by atoms with Crippen LogP contribution in [-0.2, 0) is 18.5 Å². The lowest BCUT2D eigenvalue weighted by Gasteiger charge is -2.10. The molecule has 0 fully saturated rings. The van der Waals surface area contributed by atoms with E-state index in [2.05, 4.69) is 20.4 Å². The molecular formula is C17H25N5O3. The zero-order valence-electron chi connectivity index (χ0n) is 15.3. The Morgan fingerprint density at radius 1 is 1.24 bits per heavy atom. The zero-order valence-corrected chi connectivity index (χ0v) is 15.3. The molecule has 0 radical (unpaired) electrons. The van der Waals surface area contributed by atoms with Gasteiger partial charge in [0.2, 0.25) is 5.89 Å². The highest BCUT2D eigenvalue weighted by atomic mass is 16.5. The van der Waals surface area contributed by atoms with Crippen molar-refractivity contribution in [3.05, 3.63) is 35.5 Å². The van der Waals surface area contributed by atoms with E-state index in [-0.39, 0.29) is 5.41 Å². The summed E-state index contributed by atoms with van der Waals surface area (Å²) >= 11 is 0. The number of nitrogens with one attached hydrogen (secondary N) is 1. The maximum atomic E-state index is 5.89. The molecular weight excluding hydrogens is 322 g/mol. The zero-order chi connectivity index (χ0) is 18.4.